The van der Waals surface area contributed by atoms with E-state index in [1.807, 2.05) is 6.07 Å². The highest BCUT2D eigenvalue weighted by Crippen LogP contribution is 2.31. The molecule has 0 bridgehead atoms. The van der Waals surface area contributed by atoms with Gasteiger partial charge in [0.1, 0.15) is 24.2 Å². The van der Waals surface area contributed by atoms with Crippen LogP contribution in [-0.2, 0) is 0 Å². The molecule has 0 radical (unpaired) electrons. The van der Waals surface area contributed by atoms with E-state index in [9.17, 15) is 5.11 Å². The number of nitrogens with zero attached hydrogens (tertiary/aromatic N) is 3. The Morgan fingerprint density at radius 1 is 1.05 bits per heavy atom. The number of phenols is 1. The van der Waals surface area contributed by atoms with Crippen molar-refractivity contribution < 1.29 is 9.84 Å². The Hall–Kier alpha value is -2.17. The molecule has 104 valence electrons. The fourth-order valence-electron chi connectivity index (χ4n) is 2.53. The molecule has 0 saturated heterocycles. The highest BCUT2D eigenvalue weighted by molar-refractivity contribution is 5.64. The van der Waals surface area contributed by atoms with Gasteiger partial charge in [0.25, 0.3) is 0 Å². The maximum Gasteiger partial charge on any atom is 0.166 e. The summed E-state index contributed by atoms with van der Waals surface area (Å²) in [5.41, 5.74) is 0.586. The highest BCUT2D eigenvalue weighted by Gasteiger charge is 2.16. The van der Waals surface area contributed by atoms with Crippen LogP contribution >= 0.6 is 0 Å². The lowest BCUT2D eigenvalue weighted by Crippen LogP contribution is -2.19. The van der Waals surface area contributed by atoms with Crippen molar-refractivity contribution in [3.05, 3.63) is 30.9 Å². The third-order valence-electron chi connectivity index (χ3n) is 3.56. The second-order valence-corrected chi connectivity index (χ2v) is 5.02. The van der Waals surface area contributed by atoms with E-state index in [1.54, 1.807) is 12.1 Å². The summed E-state index contributed by atoms with van der Waals surface area (Å²) in [7, 11) is 0. The monoisotopic (exact) mass is 271 g/mol. The van der Waals surface area contributed by atoms with E-state index in [0.717, 1.165) is 12.8 Å². The van der Waals surface area contributed by atoms with Crippen molar-refractivity contribution in [3.8, 4) is 22.9 Å². The van der Waals surface area contributed by atoms with Gasteiger partial charge in [-0.25, -0.2) is 15.0 Å². The van der Waals surface area contributed by atoms with Crippen LogP contribution in [0.3, 0.4) is 0 Å². The average molecular weight is 271 g/mol. The molecule has 0 amide bonds. The predicted molar refractivity (Wildman–Crippen MR) is 74.4 cm³/mol. The largest absolute Gasteiger partial charge is 0.507 e. The van der Waals surface area contributed by atoms with Crippen molar-refractivity contribution in [2.24, 2.45) is 0 Å². The number of hydrogen-bond acceptors (Lipinski definition) is 5. The Balaban J connectivity index is 1.77. The Kier molecular flexibility index (Phi) is 3.76. The van der Waals surface area contributed by atoms with Gasteiger partial charge in [-0.3, -0.25) is 0 Å². The Labute approximate surface area is 117 Å². The smallest absolute Gasteiger partial charge is 0.166 e. The van der Waals surface area contributed by atoms with Gasteiger partial charge < -0.3 is 9.84 Å². The molecule has 1 N–H and O–H groups in total. The van der Waals surface area contributed by atoms with Crippen LogP contribution in [0.4, 0.5) is 0 Å². The number of benzene rings is 1. The van der Waals surface area contributed by atoms with Crippen LogP contribution in [-0.4, -0.2) is 26.2 Å². The second kappa shape index (κ2) is 5.86. The molecule has 5 nitrogen and oxygen atoms in total. The number of aromatic hydroxyl groups is 1. The number of aromatic nitrogens is 3. The molecule has 1 heterocycles. The van der Waals surface area contributed by atoms with Crippen LogP contribution < -0.4 is 4.74 Å². The van der Waals surface area contributed by atoms with Crippen LogP contribution in [0.5, 0.6) is 11.5 Å². The summed E-state index contributed by atoms with van der Waals surface area (Å²) in [6.07, 6.45) is 9.02. The normalized spacial score (nSPS) is 16.0. The van der Waals surface area contributed by atoms with Gasteiger partial charge in [0, 0.05) is 6.07 Å². The summed E-state index contributed by atoms with van der Waals surface area (Å²) in [6.45, 7) is 0. The number of hydrogen-bond donors (Lipinski definition) is 1. The minimum atomic E-state index is 0.129. The summed E-state index contributed by atoms with van der Waals surface area (Å²) < 4.78 is 5.91. The lowest BCUT2D eigenvalue weighted by molar-refractivity contribution is 0.154. The first-order valence-electron chi connectivity index (χ1n) is 6.95. The van der Waals surface area contributed by atoms with Crippen molar-refractivity contribution in [3.63, 3.8) is 0 Å². The van der Waals surface area contributed by atoms with Crippen molar-refractivity contribution in [2.75, 3.05) is 0 Å². The molecule has 1 aliphatic rings. The van der Waals surface area contributed by atoms with Crippen molar-refractivity contribution in [2.45, 2.75) is 38.2 Å². The van der Waals surface area contributed by atoms with Crippen LogP contribution in [0.1, 0.15) is 32.1 Å². The van der Waals surface area contributed by atoms with Crippen LogP contribution in [0.2, 0.25) is 0 Å². The topological polar surface area (TPSA) is 68.1 Å². The van der Waals surface area contributed by atoms with E-state index in [0.29, 0.717) is 17.1 Å². The minimum Gasteiger partial charge on any atom is -0.507 e. The van der Waals surface area contributed by atoms with Gasteiger partial charge in [-0.05, 0) is 37.8 Å². The predicted octanol–water partition coefficient (Wildman–Crippen LogP) is 2.96. The van der Waals surface area contributed by atoms with Crippen LogP contribution in [0.25, 0.3) is 11.4 Å². The fourth-order valence-corrected chi connectivity index (χ4v) is 2.53. The number of ether oxygens (including phenoxy) is 1. The van der Waals surface area contributed by atoms with Crippen molar-refractivity contribution >= 4 is 0 Å². The zero-order valence-electron chi connectivity index (χ0n) is 11.2. The summed E-state index contributed by atoms with van der Waals surface area (Å²) >= 11 is 0. The third-order valence-corrected chi connectivity index (χ3v) is 3.56. The first-order valence-corrected chi connectivity index (χ1v) is 6.95. The quantitative estimate of drug-likeness (QED) is 0.929. The lowest BCUT2D eigenvalue weighted by atomic mass is 9.98. The van der Waals surface area contributed by atoms with E-state index in [4.69, 9.17) is 4.74 Å². The molecule has 1 aromatic carbocycles. The van der Waals surface area contributed by atoms with Gasteiger partial charge in [0.05, 0.1) is 11.7 Å². The molecule has 20 heavy (non-hydrogen) atoms. The standard InChI is InChI=1S/C15H17N3O2/c19-14-8-12(20-11-4-2-1-3-5-11)6-7-13(14)15-17-9-16-10-18-15/h6-11,19H,1-5H2. The van der Waals surface area contributed by atoms with Crippen molar-refractivity contribution in [1.82, 2.24) is 15.0 Å². The first-order chi connectivity index (χ1) is 9.83. The van der Waals surface area contributed by atoms with Crippen molar-refractivity contribution in [1.29, 1.82) is 0 Å². The van der Waals surface area contributed by atoms with Gasteiger partial charge >= 0.3 is 0 Å². The highest BCUT2D eigenvalue weighted by atomic mass is 16.5. The van der Waals surface area contributed by atoms with Crippen LogP contribution in [0, 0.1) is 0 Å². The van der Waals surface area contributed by atoms with Gasteiger partial charge in [-0.15, -0.1) is 0 Å². The lowest BCUT2D eigenvalue weighted by Gasteiger charge is -2.23. The van der Waals surface area contributed by atoms with Gasteiger partial charge in [0.15, 0.2) is 5.82 Å². The molecule has 3 rings (SSSR count). The van der Waals surface area contributed by atoms with E-state index in [-0.39, 0.29) is 11.9 Å². The molecule has 0 atom stereocenters. The molecule has 1 aromatic heterocycles. The van der Waals surface area contributed by atoms with Gasteiger partial charge in [0.2, 0.25) is 0 Å². The Bertz CT molecular complexity index is 569. The minimum absolute atomic E-state index is 0.129. The molecule has 0 aliphatic heterocycles. The molecule has 1 saturated carbocycles. The van der Waals surface area contributed by atoms with Gasteiger partial charge in [-0.1, -0.05) is 6.42 Å². The summed E-state index contributed by atoms with van der Waals surface area (Å²) in [5.74, 6) is 1.29. The van der Waals surface area contributed by atoms with Gasteiger partial charge in [-0.2, -0.15) is 0 Å². The average Bonchev–Trinajstić information content (AvgIpc) is 2.49. The molecular formula is C15H17N3O2. The summed E-state index contributed by atoms with van der Waals surface area (Å²) in [6, 6.07) is 5.27. The molecular weight excluding hydrogens is 254 g/mol. The first kappa shape index (κ1) is 12.8. The van der Waals surface area contributed by atoms with E-state index >= 15 is 0 Å². The van der Waals surface area contributed by atoms with E-state index in [1.165, 1.54) is 31.9 Å². The number of phenolic OH excluding ortho intramolecular Hbond substituents is 1. The molecule has 1 fully saturated rings. The Morgan fingerprint density at radius 2 is 1.80 bits per heavy atom. The summed E-state index contributed by atoms with van der Waals surface area (Å²) in [4.78, 5) is 11.8. The van der Waals surface area contributed by atoms with E-state index in [2.05, 4.69) is 15.0 Å². The van der Waals surface area contributed by atoms with E-state index < -0.39 is 0 Å². The summed E-state index contributed by atoms with van der Waals surface area (Å²) in [5, 5.41) is 10.1. The second-order valence-electron chi connectivity index (χ2n) is 5.02. The SMILES string of the molecule is Oc1cc(OC2CCCCC2)ccc1-c1ncncn1. The molecule has 5 heteroatoms. The van der Waals surface area contributed by atoms with Crippen LogP contribution in [0.15, 0.2) is 30.9 Å². The maximum absolute atomic E-state index is 10.1. The maximum atomic E-state index is 10.1. The molecule has 0 spiro atoms. The zero-order chi connectivity index (χ0) is 13.8. The Morgan fingerprint density at radius 3 is 2.50 bits per heavy atom. The number of rotatable bonds is 3. The fraction of sp³-hybridized carbons (Fsp3) is 0.400. The molecule has 2 aromatic rings. The third kappa shape index (κ3) is 2.87. The molecule has 1 aliphatic carbocycles. The molecule has 0 unspecified atom stereocenters. The zero-order valence-corrected chi connectivity index (χ0v) is 11.2.